The number of carbonyl (C=O) groups excluding carboxylic acids is 1. The molecule has 2 aromatic rings. The van der Waals surface area contributed by atoms with E-state index < -0.39 is 23.0 Å². The first-order valence-electron chi connectivity index (χ1n) is 10.2. The molecule has 1 saturated heterocycles. The highest BCUT2D eigenvalue weighted by Crippen LogP contribution is 2.39. The number of nitrogens with one attached hydrogen (secondary N) is 1. The molecule has 2 unspecified atom stereocenters. The lowest BCUT2D eigenvalue weighted by Gasteiger charge is -2.45. The molecule has 1 aromatic carbocycles. The van der Waals surface area contributed by atoms with Gasteiger partial charge >= 0.3 is 0 Å². The Labute approximate surface area is 179 Å². The minimum Gasteiger partial charge on any atom is -0.377 e. The van der Waals surface area contributed by atoms with Crippen LogP contribution in [0.15, 0.2) is 35.8 Å². The number of ether oxygens (including phenoxy) is 1. The molecule has 0 spiro atoms. The van der Waals surface area contributed by atoms with Gasteiger partial charge in [-0.15, -0.1) is 0 Å². The molecule has 1 N–H and O–H groups in total. The highest BCUT2D eigenvalue weighted by molar-refractivity contribution is 5.94. The lowest BCUT2D eigenvalue weighted by molar-refractivity contribution is 0.0947. The number of nitrogens with zero attached hydrogens (tertiary/aromatic N) is 2. The smallest absolute Gasteiger partial charge is 0.257 e. The molecule has 164 valence electrons. The van der Waals surface area contributed by atoms with Crippen molar-refractivity contribution in [3.8, 4) is 0 Å². The van der Waals surface area contributed by atoms with Crippen molar-refractivity contribution in [3.63, 3.8) is 0 Å². The Morgan fingerprint density at radius 3 is 2.68 bits per heavy atom. The average molecular weight is 429 g/mol. The fourth-order valence-corrected chi connectivity index (χ4v) is 4.57. The number of fused-ring (bicyclic) bond motifs is 3. The van der Waals surface area contributed by atoms with Gasteiger partial charge in [-0.25, -0.2) is 8.78 Å². The lowest BCUT2D eigenvalue weighted by atomic mass is 9.96. The van der Waals surface area contributed by atoms with Gasteiger partial charge in [-0.2, -0.15) is 0 Å². The molecular formula is C23H25F2N3O3. The summed E-state index contributed by atoms with van der Waals surface area (Å²) in [6, 6.07) is 3.33. The van der Waals surface area contributed by atoms with Crippen LogP contribution in [0.4, 0.5) is 8.78 Å². The Bertz CT molecular complexity index is 1130. The van der Waals surface area contributed by atoms with Crippen LogP contribution in [0.5, 0.6) is 0 Å². The zero-order chi connectivity index (χ0) is 22.4. The van der Waals surface area contributed by atoms with Crippen LogP contribution in [0.3, 0.4) is 0 Å². The molecule has 1 aromatic heterocycles. The minimum absolute atomic E-state index is 0.0276. The molecule has 2 aliphatic rings. The largest absolute Gasteiger partial charge is 0.377 e. The number of hydrogen-bond acceptors (Lipinski definition) is 4. The first kappa shape index (κ1) is 21.2. The molecule has 2 aliphatic heterocycles. The fraction of sp³-hybridized carbons (Fsp3) is 0.391. The van der Waals surface area contributed by atoms with E-state index in [9.17, 15) is 18.4 Å². The fourth-order valence-electron chi connectivity index (χ4n) is 4.57. The SMILES string of the molecule is C=C1c2c(C)c(=O)c(C(=O)NCc3ccc(F)cc3F)cn2C2COCC2N1C(C)C. The van der Waals surface area contributed by atoms with Gasteiger partial charge < -0.3 is 19.5 Å². The van der Waals surface area contributed by atoms with Crippen molar-refractivity contribution in [2.45, 2.75) is 45.4 Å². The molecule has 0 aliphatic carbocycles. The maximum absolute atomic E-state index is 13.9. The molecule has 31 heavy (non-hydrogen) atoms. The van der Waals surface area contributed by atoms with E-state index in [4.69, 9.17) is 4.74 Å². The van der Waals surface area contributed by atoms with Crippen LogP contribution in [-0.2, 0) is 11.3 Å². The first-order chi connectivity index (χ1) is 14.7. The van der Waals surface area contributed by atoms with Crippen molar-refractivity contribution in [1.82, 2.24) is 14.8 Å². The maximum atomic E-state index is 13.9. The van der Waals surface area contributed by atoms with Crippen LogP contribution < -0.4 is 10.7 Å². The third-order valence-electron chi connectivity index (χ3n) is 6.04. The van der Waals surface area contributed by atoms with Gasteiger partial charge in [0.15, 0.2) is 5.43 Å². The number of rotatable bonds is 4. The summed E-state index contributed by atoms with van der Waals surface area (Å²) in [4.78, 5) is 28.0. The Morgan fingerprint density at radius 1 is 1.29 bits per heavy atom. The molecule has 0 radical (unpaired) electrons. The molecular weight excluding hydrogens is 404 g/mol. The Hall–Kier alpha value is -3.00. The number of carbonyl (C=O) groups is 1. The molecule has 0 bridgehead atoms. The summed E-state index contributed by atoms with van der Waals surface area (Å²) in [6.07, 6.45) is 1.55. The third-order valence-corrected chi connectivity index (χ3v) is 6.04. The Morgan fingerprint density at radius 2 is 2.00 bits per heavy atom. The molecule has 6 nitrogen and oxygen atoms in total. The normalized spacial score (nSPS) is 20.1. The lowest BCUT2D eigenvalue weighted by Crippen LogP contribution is -2.49. The summed E-state index contributed by atoms with van der Waals surface area (Å²) in [7, 11) is 0. The number of hydrogen-bond donors (Lipinski definition) is 1. The second kappa shape index (κ2) is 7.92. The van der Waals surface area contributed by atoms with E-state index in [1.165, 1.54) is 6.07 Å². The number of benzene rings is 1. The van der Waals surface area contributed by atoms with Crippen LogP contribution in [0.1, 0.15) is 47.1 Å². The van der Waals surface area contributed by atoms with Gasteiger partial charge in [0.25, 0.3) is 5.91 Å². The van der Waals surface area contributed by atoms with E-state index in [0.29, 0.717) is 24.5 Å². The van der Waals surface area contributed by atoms with Gasteiger partial charge in [-0.1, -0.05) is 12.6 Å². The number of amides is 1. The monoisotopic (exact) mass is 429 g/mol. The van der Waals surface area contributed by atoms with E-state index in [1.807, 2.05) is 4.57 Å². The van der Waals surface area contributed by atoms with E-state index in [2.05, 4.69) is 30.6 Å². The summed E-state index contributed by atoms with van der Waals surface area (Å²) in [5, 5.41) is 2.57. The molecule has 8 heteroatoms. The van der Waals surface area contributed by atoms with Crippen LogP contribution >= 0.6 is 0 Å². The van der Waals surface area contributed by atoms with E-state index >= 15 is 0 Å². The van der Waals surface area contributed by atoms with Crippen molar-refractivity contribution in [2.24, 2.45) is 0 Å². The summed E-state index contributed by atoms with van der Waals surface area (Å²) >= 11 is 0. The molecule has 1 fully saturated rings. The third kappa shape index (κ3) is 3.54. The van der Waals surface area contributed by atoms with E-state index in [1.54, 1.807) is 13.1 Å². The number of halogens is 2. The van der Waals surface area contributed by atoms with E-state index in [0.717, 1.165) is 17.8 Å². The van der Waals surface area contributed by atoms with Gasteiger partial charge in [0.2, 0.25) is 0 Å². The summed E-state index contributed by atoms with van der Waals surface area (Å²) in [5.41, 5.74) is 1.57. The van der Waals surface area contributed by atoms with Gasteiger partial charge in [-0.3, -0.25) is 9.59 Å². The molecule has 2 atom stereocenters. The summed E-state index contributed by atoms with van der Waals surface area (Å²) in [5.74, 6) is -2.06. The average Bonchev–Trinajstić information content (AvgIpc) is 3.18. The second-order valence-corrected chi connectivity index (χ2v) is 8.29. The van der Waals surface area contributed by atoms with Crippen molar-refractivity contribution in [2.75, 3.05) is 13.2 Å². The quantitative estimate of drug-likeness (QED) is 0.812. The topological polar surface area (TPSA) is 63.6 Å². The molecule has 3 heterocycles. The zero-order valence-corrected chi connectivity index (χ0v) is 17.7. The van der Waals surface area contributed by atoms with Gasteiger partial charge in [-0.05, 0) is 26.8 Å². The molecule has 4 rings (SSSR count). The first-order valence-corrected chi connectivity index (χ1v) is 10.2. The van der Waals surface area contributed by atoms with Crippen LogP contribution in [0.25, 0.3) is 5.70 Å². The molecule has 0 saturated carbocycles. The maximum Gasteiger partial charge on any atom is 0.257 e. The molecule has 1 amide bonds. The summed E-state index contributed by atoms with van der Waals surface area (Å²) < 4.78 is 34.6. The van der Waals surface area contributed by atoms with Crippen molar-refractivity contribution in [1.29, 1.82) is 0 Å². The van der Waals surface area contributed by atoms with E-state index in [-0.39, 0.29) is 35.8 Å². The predicted octanol–water partition coefficient (Wildman–Crippen LogP) is 3.00. The van der Waals surface area contributed by atoms with Gasteiger partial charge in [0.1, 0.15) is 17.2 Å². The van der Waals surface area contributed by atoms with Gasteiger partial charge in [0.05, 0.1) is 36.7 Å². The minimum atomic E-state index is -0.755. The van der Waals surface area contributed by atoms with Crippen LogP contribution in [-0.4, -0.2) is 40.7 Å². The van der Waals surface area contributed by atoms with Crippen molar-refractivity contribution >= 4 is 11.6 Å². The zero-order valence-electron chi connectivity index (χ0n) is 17.7. The highest BCUT2D eigenvalue weighted by atomic mass is 19.1. The number of aromatic nitrogens is 1. The van der Waals surface area contributed by atoms with Gasteiger partial charge in [0, 0.05) is 36.0 Å². The van der Waals surface area contributed by atoms with Crippen LogP contribution in [0.2, 0.25) is 0 Å². The number of pyridine rings is 1. The predicted molar refractivity (Wildman–Crippen MR) is 113 cm³/mol. The second-order valence-electron chi connectivity index (χ2n) is 8.29. The Balaban J connectivity index is 1.69. The standard InChI is InChI=1S/C23H25F2N3O3/c1-12(2)28-14(4)21-13(3)22(29)17(9-27(21)19-10-31-11-20(19)28)23(30)26-8-15-5-6-16(24)7-18(15)25/h5-7,9,12,19-20H,4,8,10-11H2,1-3H3,(H,26,30). The summed E-state index contributed by atoms with van der Waals surface area (Å²) in [6.45, 7) is 10.9. The van der Waals surface area contributed by atoms with Crippen molar-refractivity contribution < 1.29 is 18.3 Å². The highest BCUT2D eigenvalue weighted by Gasteiger charge is 2.42. The Kier molecular flexibility index (Phi) is 5.43. The van der Waals surface area contributed by atoms with Crippen LogP contribution in [0, 0.1) is 18.6 Å². The van der Waals surface area contributed by atoms with Crippen molar-refractivity contribution in [3.05, 3.63) is 75.2 Å².